The highest BCUT2D eigenvalue weighted by Crippen LogP contribution is 2.55. The van der Waals surface area contributed by atoms with Crippen LogP contribution in [0, 0.1) is 11.2 Å². The van der Waals surface area contributed by atoms with E-state index in [1.54, 1.807) is 32.7 Å². The summed E-state index contributed by atoms with van der Waals surface area (Å²) in [6, 6.07) is 6.28. The molecule has 2 fully saturated rings. The van der Waals surface area contributed by atoms with Crippen molar-refractivity contribution in [3.63, 3.8) is 0 Å². The van der Waals surface area contributed by atoms with Crippen LogP contribution in [0.2, 0.25) is 0 Å². The van der Waals surface area contributed by atoms with E-state index in [1.165, 1.54) is 12.1 Å². The molecule has 1 spiro atoms. The maximum atomic E-state index is 13.5. The Balaban J connectivity index is 1.32. The van der Waals surface area contributed by atoms with Crippen LogP contribution in [-0.4, -0.2) is 55.2 Å². The number of carbonyl (C=O) groups is 2. The summed E-state index contributed by atoms with van der Waals surface area (Å²) in [6.07, 6.45) is 5.49. The molecule has 4 N–H and O–H groups in total. The molecule has 0 atom stereocenters. The number of carbonyl (C=O) groups excluding carboxylic acids is 2. The number of halogens is 1. The van der Waals surface area contributed by atoms with Gasteiger partial charge in [0.15, 0.2) is 0 Å². The lowest BCUT2D eigenvalue weighted by Crippen LogP contribution is -2.43. The number of nitrogens with two attached hydrogens (primary N) is 2. The SMILES string of the molecule is CC(C)(C)OC(=O)N1CCC2(CC(n3nc(-c4cnn(Cc5cccc(F)c5)c4)c(C(N)=O)c3N)C2)C1. The summed E-state index contributed by atoms with van der Waals surface area (Å²) in [7, 11) is 0. The number of anilines is 1. The molecular formula is C26H32FN7O3. The Morgan fingerprint density at radius 2 is 2.03 bits per heavy atom. The fourth-order valence-corrected chi connectivity index (χ4v) is 5.43. The minimum absolute atomic E-state index is 0.00669. The van der Waals surface area contributed by atoms with E-state index in [2.05, 4.69) is 10.2 Å². The van der Waals surface area contributed by atoms with Gasteiger partial charge in [0.05, 0.1) is 18.8 Å². The molecule has 10 nitrogen and oxygen atoms in total. The van der Waals surface area contributed by atoms with E-state index in [-0.39, 0.29) is 34.7 Å². The monoisotopic (exact) mass is 509 g/mol. The van der Waals surface area contributed by atoms with Gasteiger partial charge in [-0.1, -0.05) is 12.1 Å². The predicted molar refractivity (Wildman–Crippen MR) is 135 cm³/mol. The first-order valence-electron chi connectivity index (χ1n) is 12.4. The molecule has 196 valence electrons. The lowest BCUT2D eigenvalue weighted by molar-refractivity contribution is 0.0187. The minimum atomic E-state index is -0.664. The second kappa shape index (κ2) is 8.89. The van der Waals surface area contributed by atoms with Crippen LogP contribution in [0.15, 0.2) is 36.7 Å². The van der Waals surface area contributed by atoms with E-state index >= 15 is 0 Å². The van der Waals surface area contributed by atoms with E-state index in [0.29, 0.717) is 30.9 Å². The van der Waals surface area contributed by atoms with Crippen molar-refractivity contribution in [2.45, 2.75) is 58.2 Å². The molecule has 3 aromatic rings. The molecule has 0 bridgehead atoms. The first kappa shape index (κ1) is 24.8. The van der Waals surface area contributed by atoms with E-state index in [0.717, 1.165) is 24.8 Å². The molecular weight excluding hydrogens is 477 g/mol. The van der Waals surface area contributed by atoms with Crippen molar-refractivity contribution in [3.05, 3.63) is 53.6 Å². The van der Waals surface area contributed by atoms with Gasteiger partial charge in [0.25, 0.3) is 5.91 Å². The standard InChI is InChI=1S/C26H32FN7O3/c1-25(2,3)37-24(36)32-8-7-26(15-32)10-19(11-26)34-22(28)20(23(29)35)21(31-34)17-12-30-33(14-17)13-16-5-4-6-18(27)9-16/h4-6,9,12,14,19H,7-8,10-11,13,15,28H2,1-3H3,(H2,29,35). The zero-order chi connectivity index (χ0) is 26.5. The van der Waals surface area contributed by atoms with Crippen LogP contribution in [0.4, 0.5) is 15.0 Å². The van der Waals surface area contributed by atoms with Crippen LogP contribution < -0.4 is 11.5 Å². The molecule has 1 aliphatic heterocycles. The summed E-state index contributed by atoms with van der Waals surface area (Å²) in [4.78, 5) is 26.6. The van der Waals surface area contributed by atoms with Gasteiger partial charge in [0.1, 0.15) is 28.5 Å². The van der Waals surface area contributed by atoms with E-state index in [9.17, 15) is 14.0 Å². The third kappa shape index (κ3) is 4.90. The third-order valence-electron chi connectivity index (χ3n) is 7.11. The number of amides is 2. The number of ether oxygens (including phenoxy) is 1. The Morgan fingerprint density at radius 3 is 2.70 bits per heavy atom. The molecule has 5 rings (SSSR count). The highest BCUT2D eigenvalue weighted by atomic mass is 19.1. The van der Waals surface area contributed by atoms with Gasteiger partial charge in [-0.3, -0.25) is 9.48 Å². The van der Waals surface area contributed by atoms with Gasteiger partial charge in [0.2, 0.25) is 0 Å². The Hall–Kier alpha value is -3.89. The number of likely N-dealkylation sites (tertiary alicyclic amines) is 1. The average Bonchev–Trinajstić information content (AvgIpc) is 3.48. The van der Waals surface area contributed by atoms with E-state index < -0.39 is 11.5 Å². The first-order chi connectivity index (χ1) is 17.4. The molecule has 2 amide bonds. The summed E-state index contributed by atoms with van der Waals surface area (Å²) < 4.78 is 22.4. The number of hydrogen-bond donors (Lipinski definition) is 2. The van der Waals surface area contributed by atoms with Crippen molar-refractivity contribution < 1.29 is 18.7 Å². The van der Waals surface area contributed by atoms with Crippen molar-refractivity contribution in [1.29, 1.82) is 0 Å². The van der Waals surface area contributed by atoms with E-state index in [4.69, 9.17) is 16.2 Å². The van der Waals surface area contributed by atoms with Gasteiger partial charge in [-0.25, -0.2) is 13.9 Å². The second-order valence-corrected chi connectivity index (χ2v) is 11.2. The van der Waals surface area contributed by atoms with Crippen LogP contribution in [0.1, 0.15) is 62.0 Å². The number of hydrogen-bond acceptors (Lipinski definition) is 6. The first-order valence-corrected chi connectivity index (χ1v) is 12.4. The molecule has 11 heteroatoms. The number of rotatable bonds is 5. The molecule has 3 heterocycles. The number of aromatic nitrogens is 4. The largest absolute Gasteiger partial charge is 0.444 e. The maximum absolute atomic E-state index is 13.5. The number of nitrogens with zero attached hydrogens (tertiary/aromatic N) is 5. The molecule has 1 aromatic carbocycles. The molecule has 1 saturated heterocycles. The van der Waals surface area contributed by atoms with Gasteiger partial charge in [-0.2, -0.15) is 10.2 Å². The lowest BCUT2D eigenvalue weighted by atomic mass is 9.65. The normalized spacial score (nSPS) is 21.3. The summed E-state index contributed by atoms with van der Waals surface area (Å²) in [5, 5.41) is 9.03. The molecule has 2 aliphatic rings. The molecule has 0 radical (unpaired) electrons. The molecule has 0 unspecified atom stereocenters. The summed E-state index contributed by atoms with van der Waals surface area (Å²) >= 11 is 0. The number of nitrogen functional groups attached to an aromatic ring is 1. The summed E-state index contributed by atoms with van der Waals surface area (Å²) in [5.74, 6) is -0.757. The van der Waals surface area contributed by atoms with Gasteiger partial charge in [0, 0.05) is 24.8 Å². The quantitative estimate of drug-likeness (QED) is 0.540. The van der Waals surface area contributed by atoms with Gasteiger partial charge >= 0.3 is 6.09 Å². The predicted octanol–water partition coefficient (Wildman–Crippen LogP) is 3.58. The van der Waals surface area contributed by atoms with Crippen LogP contribution in [0.3, 0.4) is 0 Å². The smallest absolute Gasteiger partial charge is 0.410 e. The molecule has 1 saturated carbocycles. The van der Waals surface area contributed by atoms with Gasteiger partial charge in [-0.05, 0) is 63.1 Å². The summed E-state index contributed by atoms with van der Waals surface area (Å²) in [6.45, 7) is 7.21. The van der Waals surface area contributed by atoms with Crippen molar-refractivity contribution in [3.8, 4) is 11.3 Å². The number of benzene rings is 1. The second-order valence-electron chi connectivity index (χ2n) is 11.2. The van der Waals surface area contributed by atoms with Crippen molar-refractivity contribution >= 4 is 17.8 Å². The lowest BCUT2D eigenvalue weighted by Gasteiger charge is -2.45. The maximum Gasteiger partial charge on any atom is 0.410 e. The average molecular weight is 510 g/mol. The van der Waals surface area contributed by atoms with Crippen LogP contribution in [-0.2, 0) is 11.3 Å². The van der Waals surface area contributed by atoms with Crippen molar-refractivity contribution in [1.82, 2.24) is 24.5 Å². The van der Waals surface area contributed by atoms with Gasteiger partial charge in [-0.15, -0.1) is 0 Å². The van der Waals surface area contributed by atoms with Gasteiger partial charge < -0.3 is 21.1 Å². The Bertz CT molecular complexity index is 1350. The fraction of sp³-hybridized carbons (Fsp3) is 0.462. The third-order valence-corrected chi connectivity index (χ3v) is 7.11. The Labute approximate surface area is 214 Å². The molecule has 2 aromatic heterocycles. The Kier molecular flexibility index (Phi) is 5.96. The zero-order valence-electron chi connectivity index (χ0n) is 21.3. The van der Waals surface area contributed by atoms with Crippen molar-refractivity contribution in [2.24, 2.45) is 11.1 Å². The number of primary amides is 1. The van der Waals surface area contributed by atoms with Crippen LogP contribution >= 0.6 is 0 Å². The fourth-order valence-electron chi connectivity index (χ4n) is 5.43. The van der Waals surface area contributed by atoms with Crippen molar-refractivity contribution in [2.75, 3.05) is 18.8 Å². The van der Waals surface area contributed by atoms with Crippen LogP contribution in [0.25, 0.3) is 11.3 Å². The molecule has 37 heavy (non-hydrogen) atoms. The Morgan fingerprint density at radius 1 is 1.27 bits per heavy atom. The highest BCUT2D eigenvalue weighted by Gasteiger charge is 2.51. The highest BCUT2D eigenvalue weighted by molar-refractivity contribution is 6.03. The van der Waals surface area contributed by atoms with E-state index in [1.807, 2.05) is 26.8 Å². The zero-order valence-corrected chi connectivity index (χ0v) is 21.3. The topological polar surface area (TPSA) is 134 Å². The summed E-state index contributed by atoms with van der Waals surface area (Å²) in [5.41, 5.74) is 13.4. The minimum Gasteiger partial charge on any atom is -0.444 e. The molecule has 1 aliphatic carbocycles. The van der Waals surface area contributed by atoms with Crippen LogP contribution in [0.5, 0.6) is 0 Å².